The minimum Gasteiger partial charge on any atom is -0.475 e. The van der Waals surface area contributed by atoms with Crippen molar-refractivity contribution in [3.63, 3.8) is 0 Å². The normalized spacial score (nSPS) is 14.6. The Kier molecular flexibility index (Phi) is 2.27. The zero-order chi connectivity index (χ0) is 12.7. The van der Waals surface area contributed by atoms with Crippen LogP contribution in [0, 0.1) is 0 Å². The maximum Gasteiger partial charge on any atom is 0.216 e. The van der Waals surface area contributed by atoms with Crippen molar-refractivity contribution in [2.75, 3.05) is 13.2 Å². The predicted octanol–water partition coefficient (Wildman–Crippen LogP) is 3.77. The van der Waals surface area contributed by atoms with Gasteiger partial charge in [0, 0.05) is 5.56 Å². The average Bonchev–Trinajstić information content (AvgIpc) is 2.98. The minimum absolute atomic E-state index is 0.694. The smallest absolute Gasteiger partial charge is 0.216 e. The molecule has 2 nitrogen and oxygen atoms in total. The van der Waals surface area contributed by atoms with Gasteiger partial charge in [-0.3, -0.25) is 0 Å². The van der Waals surface area contributed by atoms with E-state index < -0.39 is 0 Å². The Bertz CT molecular complexity index is 805. The molecule has 0 N–H and O–H groups in total. The zero-order valence-corrected chi connectivity index (χ0v) is 10.5. The minimum atomic E-state index is 0.694. The van der Waals surface area contributed by atoms with Gasteiger partial charge in [0.1, 0.15) is 6.61 Å². The van der Waals surface area contributed by atoms with Crippen molar-refractivity contribution in [2.45, 2.75) is 0 Å². The SMILES string of the molecule is c1ccc2cc3c(C4=NCCO4)cccc3cc2c1. The van der Waals surface area contributed by atoms with Gasteiger partial charge < -0.3 is 4.74 Å². The van der Waals surface area contributed by atoms with E-state index in [1.165, 1.54) is 21.5 Å². The molecule has 2 heteroatoms. The Balaban J connectivity index is 2.06. The van der Waals surface area contributed by atoms with Crippen molar-refractivity contribution in [1.29, 1.82) is 0 Å². The highest BCUT2D eigenvalue weighted by molar-refractivity contribution is 6.10. The number of nitrogens with zero attached hydrogens (tertiary/aromatic N) is 1. The molecule has 0 fully saturated rings. The first-order valence-electron chi connectivity index (χ1n) is 6.51. The lowest BCUT2D eigenvalue weighted by Gasteiger charge is -2.08. The predicted molar refractivity (Wildman–Crippen MR) is 78.8 cm³/mol. The summed E-state index contributed by atoms with van der Waals surface area (Å²) < 4.78 is 5.61. The van der Waals surface area contributed by atoms with Crippen molar-refractivity contribution in [2.24, 2.45) is 4.99 Å². The van der Waals surface area contributed by atoms with Gasteiger partial charge in [-0.15, -0.1) is 0 Å². The maximum atomic E-state index is 5.61. The zero-order valence-electron chi connectivity index (χ0n) is 10.5. The summed E-state index contributed by atoms with van der Waals surface area (Å²) in [6, 6.07) is 19.2. The molecule has 0 aromatic heterocycles. The Hall–Kier alpha value is -2.35. The summed E-state index contributed by atoms with van der Waals surface area (Å²) in [5.41, 5.74) is 1.10. The lowest BCUT2D eigenvalue weighted by atomic mass is 10.00. The molecule has 1 aliphatic rings. The van der Waals surface area contributed by atoms with Gasteiger partial charge in [0.25, 0.3) is 0 Å². The lowest BCUT2D eigenvalue weighted by molar-refractivity contribution is 0.348. The Morgan fingerprint density at radius 1 is 0.842 bits per heavy atom. The van der Waals surface area contributed by atoms with E-state index in [0.29, 0.717) is 6.61 Å². The molecular formula is C17H13NO. The molecule has 0 bridgehead atoms. The van der Waals surface area contributed by atoms with Crippen LogP contribution in [0.1, 0.15) is 5.56 Å². The van der Waals surface area contributed by atoms with Crippen LogP contribution >= 0.6 is 0 Å². The second kappa shape index (κ2) is 4.09. The van der Waals surface area contributed by atoms with Crippen LogP contribution < -0.4 is 0 Å². The molecule has 19 heavy (non-hydrogen) atoms. The highest BCUT2D eigenvalue weighted by atomic mass is 16.5. The van der Waals surface area contributed by atoms with E-state index in [4.69, 9.17) is 4.74 Å². The molecule has 0 saturated carbocycles. The summed E-state index contributed by atoms with van der Waals surface area (Å²) in [7, 11) is 0. The molecule has 92 valence electrons. The van der Waals surface area contributed by atoms with E-state index in [9.17, 15) is 0 Å². The lowest BCUT2D eigenvalue weighted by Crippen LogP contribution is -2.01. The number of benzene rings is 3. The summed E-state index contributed by atoms with van der Waals surface area (Å²) in [4.78, 5) is 4.43. The van der Waals surface area contributed by atoms with Gasteiger partial charge >= 0.3 is 0 Å². The molecule has 0 unspecified atom stereocenters. The van der Waals surface area contributed by atoms with E-state index in [1.54, 1.807) is 0 Å². The maximum absolute atomic E-state index is 5.61. The van der Waals surface area contributed by atoms with Crippen LogP contribution in [0.4, 0.5) is 0 Å². The van der Waals surface area contributed by atoms with Crippen LogP contribution in [-0.2, 0) is 4.74 Å². The summed E-state index contributed by atoms with van der Waals surface area (Å²) in [6.45, 7) is 1.46. The number of hydrogen-bond donors (Lipinski definition) is 0. The van der Waals surface area contributed by atoms with Crippen molar-refractivity contribution in [3.05, 3.63) is 60.2 Å². The van der Waals surface area contributed by atoms with Gasteiger partial charge in [-0.25, -0.2) is 4.99 Å². The fraction of sp³-hybridized carbons (Fsp3) is 0.118. The van der Waals surface area contributed by atoms with Gasteiger partial charge in [0.2, 0.25) is 5.90 Å². The van der Waals surface area contributed by atoms with E-state index >= 15 is 0 Å². The number of aliphatic imine (C=N–C) groups is 1. The van der Waals surface area contributed by atoms with Gasteiger partial charge in [-0.05, 0) is 39.7 Å². The van der Waals surface area contributed by atoms with Crippen molar-refractivity contribution >= 4 is 27.4 Å². The number of rotatable bonds is 1. The number of hydrogen-bond acceptors (Lipinski definition) is 2. The molecule has 3 aromatic rings. The average molecular weight is 247 g/mol. The second-order valence-corrected chi connectivity index (χ2v) is 4.76. The fourth-order valence-corrected chi connectivity index (χ4v) is 2.65. The first kappa shape index (κ1) is 10.6. The van der Waals surface area contributed by atoms with E-state index in [2.05, 4.69) is 59.6 Å². The van der Waals surface area contributed by atoms with Crippen LogP contribution in [0.3, 0.4) is 0 Å². The van der Waals surface area contributed by atoms with E-state index in [1.807, 2.05) is 0 Å². The number of ether oxygens (including phenoxy) is 1. The summed E-state index contributed by atoms with van der Waals surface area (Å²) in [5, 5.41) is 4.96. The summed E-state index contributed by atoms with van der Waals surface area (Å²) in [5.74, 6) is 0.779. The van der Waals surface area contributed by atoms with Gasteiger partial charge in [0.15, 0.2) is 0 Å². The van der Waals surface area contributed by atoms with Crippen LogP contribution in [0.5, 0.6) is 0 Å². The van der Waals surface area contributed by atoms with Crippen LogP contribution in [0.2, 0.25) is 0 Å². The summed E-state index contributed by atoms with van der Waals surface area (Å²) >= 11 is 0. The van der Waals surface area contributed by atoms with Crippen LogP contribution in [0.15, 0.2) is 59.6 Å². The van der Waals surface area contributed by atoms with Crippen LogP contribution in [-0.4, -0.2) is 19.0 Å². The van der Waals surface area contributed by atoms with Gasteiger partial charge in [-0.1, -0.05) is 36.4 Å². The third-order valence-corrected chi connectivity index (χ3v) is 3.56. The Morgan fingerprint density at radius 2 is 1.63 bits per heavy atom. The Morgan fingerprint density at radius 3 is 2.42 bits per heavy atom. The standard InChI is InChI=1S/C17H13NO/c1-2-5-13-11-16-14(10-12(13)4-1)6-3-7-15(16)17-18-8-9-19-17/h1-7,10-11H,8-9H2. The molecule has 0 aliphatic carbocycles. The van der Waals surface area contributed by atoms with E-state index in [-0.39, 0.29) is 0 Å². The quantitative estimate of drug-likeness (QED) is 0.600. The Labute approximate surface area is 111 Å². The first-order chi connectivity index (χ1) is 9.42. The van der Waals surface area contributed by atoms with Crippen molar-refractivity contribution in [3.8, 4) is 0 Å². The van der Waals surface area contributed by atoms with Crippen molar-refractivity contribution in [1.82, 2.24) is 0 Å². The van der Waals surface area contributed by atoms with E-state index in [0.717, 1.165) is 18.0 Å². The third-order valence-electron chi connectivity index (χ3n) is 3.56. The molecule has 0 saturated heterocycles. The van der Waals surface area contributed by atoms with Crippen molar-refractivity contribution < 1.29 is 4.74 Å². The van der Waals surface area contributed by atoms with Crippen LogP contribution in [0.25, 0.3) is 21.5 Å². The first-order valence-corrected chi connectivity index (χ1v) is 6.51. The largest absolute Gasteiger partial charge is 0.475 e. The number of fused-ring (bicyclic) bond motifs is 2. The molecule has 1 aliphatic heterocycles. The monoisotopic (exact) mass is 247 g/mol. The highest BCUT2D eigenvalue weighted by Gasteiger charge is 2.13. The molecule has 0 atom stereocenters. The summed E-state index contributed by atoms with van der Waals surface area (Å²) in [6.07, 6.45) is 0. The third kappa shape index (κ3) is 1.68. The molecule has 4 rings (SSSR count). The van der Waals surface area contributed by atoms with Gasteiger partial charge in [0.05, 0.1) is 6.54 Å². The molecule has 3 aromatic carbocycles. The fourth-order valence-electron chi connectivity index (χ4n) is 2.65. The molecule has 0 amide bonds. The molecule has 1 heterocycles. The highest BCUT2D eigenvalue weighted by Crippen LogP contribution is 2.26. The topological polar surface area (TPSA) is 21.6 Å². The van der Waals surface area contributed by atoms with Gasteiger partial charge in [-0.2, -0.15) is 0 Å². The second-order valence-electron chi connectivity index (χ2n) is 4.76. The molecule has 0 spiro atoms. The molecular weight excluding hydrogens is 234 g/mol. The molecule has 0 radical (unpaired) electrons.